The molecule has 1 unspecified atom stereocenters. The van der Waals surface area contributed by atoms with E-state index in [1.54, 1.807) is 6.07 Å². The summed E-state index contributed by atoms with van der Waals surface area (Å²) in [5.74, 6) is 0. The maximum Gasteiger partial charge on any atom is 0.0741 e. The van der Waals surface area contributed by atoms with Crippen LogP contribution in [-0.2, 0) is 0 Å². The third-order valence-corrected chi connectivity index (χ3v) is 2.66. The first-order valence-electron chi connectivity index (χ1n) is 4.45. The molecular formula is C10H15ClN2O. The van der Waals surface area contributed by atoms with Crippen LogP contribution in [0.5, 0.6) is 0 Å². The molecule has 0 saturated heterocycles. The Bertz CT molecular complexity index is 317. The summed E-state index contributed by atoms with van der Waals surface area (Å²) in [6.07, 6.45) is 0. The van der Waals surface area contributed by atoms with Gasteiger partial charge in [0.15, 0.2) is 0 Å². The van der Waals surface area contributed by atoms with Gasteiger partial charge in [0.2, 0.25) is 0 Å². The Labute approximate surface area is 89.1 Å². The number of halogens is 1. The fraction of sp³-hybridized carbons (Fsp3) is 0.400. The number of nitrogens with zero attached hydrogens (tertiary/aromatic N) is 1. The van der Waals surface area contributed by atoms with Gasteiger partial charge in [0.25, 0.3) is 0 Å². The summed E-state index contributed by atoms with van der Waals surface area (Å²) in [6, 6.07) is 5.50. The second-order valence-electron chi connectivity index (χ2n) is 3.32. The highest BCUT2D eigenvalue weighted by Crippen LogP contribution is 2.30. The second-order valence-corrected chi connectivity index (χ2v) is 3.72. The first-order valence-corrected chi connectivity index (χ1v) is 4.83. The third-order valence-electron chi connectivity index (χ3n) is 2.34. The molecule has 1 atom stereocenters. The fourth-order valence-corrected chi connectivity index (χ4v) is 1.36. The molecule has 3 nitrogen and oxygen atoms in total. The van der Waals surface area contributed by atoms with Crippen molar-refractivity contribution in [1.82, 2.24) is 0 Å². The Morgan fingerprint density at radius 2 is 2.21 bits per heavy atom. The van der Waals surface area contributed by atoms with E-state index in [1.165, 1.54) is 0 Å². The van der Waals surface area contributed by atoms with Gasteiger partial charge in [-0.05, 0) is 19.1 Å². The number of para-hydroxylation sites is 1. The van der Waals surface area contributed by atoms with E-state index < -0.39 is 0 Å². The average Bonchev–Trinajstić information content (AvgIpc) is 2.20. The number of likely N-dealkylation sites (N-methyl/N-ethyl adjacent to an activating group) is 1. The zero-order valence-corrected chi connectivity index (χ0v) is 9.12. The summed E-state index contributed by atoms with van der Waals surface area (Å²) < 4.78 is 0. The second kappa shape index (κ2) is 4.53. The molecule has 0 amide bonds. The number of benzene rings is 1. The number of nitrogens with two attached hydrogens (primary N) is 1. The molecule has 14 heavy (non-hydrogen) atoms. The van der Waals surface area contributed by atoms with Crippen LogP contribution in [0.3, 0.4) is 0 Å². The summed E-state index contributed by atoms with van der Waals surface area (Å²) >= 11 is 5.89. The molecule has 0 saturated carbocycles. The lowest BCUT2D eigenvalue weighted by Crippen LogP contribution is -2.32. The van der Waals surface area contributed by atoms with E-state index in [0.29, 0.717) is 10.7 Å². The molecule has 0 bridgehead atoms. The van der Waals surface area contributed by atoms with E-state index in [0.717, 1.165) is 5.69 Å². The number of hydrogen-bond acceptors (Lipinski definition) is 3. The van der Waals surface area contributed by atoms with Crippen LogP contribution in [0, 0.1) is 0 Å². The van der Waals surface area contributed by atoms with Crippen molar-refractivity contribution in [3.05, 3.63) is 23.2 Å². The van der Waals surface area contributed by atoms with Crippen molar-refractivity contribution in [3.8, 4) is 0 Å². The summed E-state index contributed by atoms with van der Waals surface area (Å²) in [5, 5.41) is 9.55. The molecule has 78 valence electrons. The van der Waals surface area contributed by atoms with Crippen molar-refractivity contribution in [2.75, 3.05) is 24.3 Å². The maximum absolute atomic E-state index is 9.01. The standard InChI is InChI=1S/C10H15ClN2O/c1-7(6-14)13(2)9-5-3-4-8(11)10(9)12/h3-5,7,14H,6,12H2,1-2H3. The average molecular weight is 215 g/mol. The Morgan fingerprint density at radius 3 is 2.79 bits per heavy atom. The molecule has 0 aromatic heterocycles. The summed E-state index contributed by atoms with van der Waals surface area (Å²) in [5.41, 5.74) is 7.22. The number of hydrogen-bond donors (Lipinski definition) is 2. The van der Waals surface area contributed by atoms with Gasteiger partial charge in [-0.15, -0.1) is 0 Å². The summed E-state index contributed by atoms with van der Waals surface area (Å²) in [7, 11) is 1.88. The zero-order valence-electron chi connectivity index (χ0n) is 8.37. The molecule has 0 radical (unpaired) electrons. The molecule has 0 heterocycles. The van der Waals surface area contributed by atoms with Crippen molar-refractivity contribution < 1.29 is 5.11 Å². The van der Waals surface area contributed by atoms with Crippen molar-refractivity contribution in [2.24, 2.45) is 0 Å². The minimum atomic E-state index is 0.0239. The summed E-state index contributed by atoms with van der Waals surface area (Å²) in [4.78, 5) is 1.90. The van der Waals surface area contributed by atoms with Gasteiger partial charge in [0.05, 0.1) is 23.0 Å². The lowest BCUT2D eigenvalue weighted by atomic mass is 10.2. The normalized spacial score (nSPS) is 12.6. The lowest BCUT2D eigenvalue weighted by molar-refractivity contribution is 0.270. The summed E-state index contributed by atoms with van der Waals surface area (Å²) in [6.45, 7) is 2.00. The van der Waals surface area contributed by atoms with Crippen molar-refractivity contribution in [3.63, 3.8) is 0 Å². The first kappa shape index (κ1) is 11.1. The minimum absolute atomic E-state index is 0.0239. The highest BCUT2D eigenvalue weighted by Gasteiger charge is 2.12. The Morgan fingerprint density at radius 1 is 1.57 bits per heavy atom. The molecule has 1 aromatic rings. The predicted octanol–water partition coefficient (Wildman–Crippen LogP) is 1.74. The largest absolute Gasteiger partial charge is 0.396 e. The van der Waals surface area contributed by atoms with Crippen LogP contribution in [0.15, 0.2) is 18.2 Å². The number of anilines is 2. The molecule has 0 fully saturated rings. The van der Waals surface area contributed by atoms with E-state index in [2.05, 4.69) is 0 Å². The van der Waals surface area contributed by atoms with Gasteiger partial charge in [-0.25, -0.2) is 0 Å². The third kappa shape index (κ3) is 2.11. The van der Waals surface area contributed by atoms with E-state index in [4.69, 9.17) is 22.4 Å². The van der Waals surface area contributed by atoms with Crippen LogP contribution in [-0.4, -0.2) is 24.8 Å². The molecule has 0 aliphatic carbocycles. The van der Waals surface area contributed by atoms with Gasteiger partial charge < -0.3 is 15.7 Å². The Hall–Kier alpha value is -0.930. The van der Waals surface area contributed by atoms with Crippen LogP contribution in [0.25, 0.3) is 0 Å². The van der Waals surface area contributed by atoms with Crippen molar-refractivity contribution >= 4 is 23.0 Å². The monoisotopic (exact) mass is 214 g/mol. The quantitative estimate of drug-likeness (QED) is 0.754. The molecule has 1 rings (SSSR count). The molecule has 0 aliphatic rings. The van der Waals surface area contributed by atoms with Crippen LogP contribution < -0.4 is 10.6 Å². The maximum atomic E-state index is 9.01. The van der Waals surface area contributed by atoms with E-state index in [1.807, 2.05) is 31.0 Å². The number of aliphatic hydroxyl groups is 1. The smallest absolute Gasteiger partial charge is 0.0741 e. The first-order chi connectivity index (χ1) is 6.57. The molecule has 1 aromatic carbocycles. The number of aliphatic hydroxyl groups excluding tert-OH is 1. The SMILES string of the molecule is CC(CO)N(C)c1cccc(Cl)c1N. The topological polar surface area (TPSA) is 49.5 Å². The van der Waals surface area contributed by atoms with Gasteiger partial charge in [-0.2, -0.15) is 0 Å². The fourth-order valence-electron chi connectivity index (χ4n) is 1.19. The molecule has 4 heteroatoms. The molecular weight excluding hydrogens is 200 g/mol. The highest BCUT2D eigenvalue weighted by atomic mass is 35.5. The van der Waals surface area contributed by atoms with Crippen molar-refractivity contribution in [1.29, 1.82) is 0 Å². The number of rotatable bonds is 3. The van der Waals surface area contributed by atoms with Crippen LogP contribution in [0.4, 0.5) is 11.4 Å². The molecule has 3 N–H and O–H groups in total. The van der Waals surface area contributed by atoms with Crippen LogP contribution >= 0.6 is 11.6 Å². The Kier molecular flexibility index (Phi) is 3.61. The van der Waals surface area contributed by atoms with E-state index in [9.17, 15) is 0 Å². The van der Waals surface area contributed by atoms with E-state index >= 15 is 0 Å². The van der Waals surface area contributed by atoms with Gasteiger partial charge in [-0.3, -0.25) is 0 Å². The Balaban J connectivity index is 3.01. The van der Waals surface area contributed by atoms with Gasteiger partial charge in [0.1, 0.15) is 0 Å². The van der Waals surface area contributed by atoms with Crippen LogP contribution in [0.1, 0.15) is 6.92 Å². The van der Waals surface area contributed by atoms with E-state index in [-0.39, 0.29) is 12.6 Å². The van der Waals surface area contributed by atoms with Crippen molar-refractivity contribution in [2.45, 2.75) is 13.0 Å². The van der Waals surface area contributed by atoms with Gasteiger partial charge >= 0.3 is 0 Å². The predicted molar refractivity (Wildman–Crippen MR) is 60.8 cm³/mol. The minimum Gasteiger partial charge on any atom is -0.396 e. The van der Waals surface area contributed by atoms with Gasteiger partial charge in [-0.1, -0.05) is 17.7 Å². The van der Waals surface area contributed by atoms with Gasteiger partial charge in [0, 0.05) is 13.1 Å². The zero-order chi connectivity index (χ0) is 10.7. The molecule has 0 aliphatic heterocycles. The number of nitrogen functional groups attached to an aromatic ring is 1. The molecule has 0 spiro atoms. The highest BCUT2D eigenvalue weighted by molar-refractivity contribution is 6.33. The van der Waals surface area contributed by atoms with Crippen LogP contribution in [0.2, 0.25) is 5.02 Å². The lowest BCUT2D eigenvalue weighted by Gasteiger charge is -2.26.